The van der Waals surface area contributed by atoms with E-state index < -0.39 is 0 Å². The topological polar surface area (TPSA) is 55.2 Å². The number of nitrogens with zero attached hydrogens (tertiary/aromatic N) is 3. The molecule has 2 aromatic rings. The Hall–Kier alpha value is -2.08. The summed E-state index contributed by atoms with van der Waals surface area (Å²) in [6.45, 7) is 2.86. The van der Waals surface area contributed by atoms with Gasteiger partial charge < -0.3 is 9.47 Å². The molecule has 1 aliphatic rings. The molecule has 0 aliphatic carbocycles. The maximum atomic E-state index is 12.2. The van der Waals surface area contributed by atoms with E-state index in [1.807, 2.05) is 35.0 Å². The highest BCUT2D eigenvalue weighted by atomic mass is 32.2. The molecule has 3 rings (SSSR count). The van der Waals surface area contributed by atoms with Crippen LogP contribution in [0.15, 0.2) is 43.0 Å². The Balaban J connectivity index is 1.74. The van der Waals surface area contributed by atoms with Crippen molar-refractivity contribution in [1.82, 2.24) is 9.55 Å². The monoisotopic (exact) mass is 315 g/mol. The molecular weight excluding hydrogens is 298 g/mol. The van der Waals surface area contributed by atoms with E-state index in [-0.39, 0.29) is 16.3 Å². The number of amides is 1. The minimum Gasteiger partial charge on any atom is -0.333 e. The van der Waals surface area contributed by atoms with Gasteiger partial charge in [0.2, 0.25) is 5.91 Å². The van der Waals surface area contributed by atoms with E-state index in [1.165, 1.54) is 11.8 Å². The third-order valence-electron chi connectivity index (χ3n) is 3.57. The molecule has 0 spiro atoms. The maximum absolute atomic E-state index is 12.2. The van der Waals surface area contributed by atoms with Crippen LogP contribution >= 0.6 is 11.8 Å². The average Bonchev–Trinajstić information content (AvgIpc) is 3.08. The smallest absolute Gasteiger partial charge is 0.228 e. The summed E-state index contributed by atoms with van der Waals surface area (Å²) in [5.74, 6) is 0.0820. The van der Waals surface area contributed by atoms with Gasteiger partial charge in [-0.25, -0.2) is 4.98 Å². The molecule has 1 amide bonds. The normalized spacial score (nSPS) is 18.0. The Morgan fingerprint density at radius 3 is 3.05 bits per heavy atom. The first-order valence-electron chi connectivity index (χ1n) is 7.14. The van der Waals surface area contributed by atoms with Gasteiger partial charge in [0.15, 0.2) is 5.12 Å². The first-order valence-corrected chi connectivity index (χ1v) is 8.02. The number of hydrogen-bond donors (Lipinski definition) is 0. The van der Waals surface area contributed by atoms with Crippen LogP contribution in [0.5, 0.6) is 0 Å². The molecule has 2 heterocycles. The van der Waals surface area contributed by atoms with Crippen LogP contribution in [0, 0.1) is 0 Å². The molecule has 0 bridgehead atoms. The Morgan fingerprint density at radius 2 is 2.32 bits per heavy atom. The molecule has 6 heteroatoms. The van der Waals surface area contributed by atoms with Gasteiger partial charge in [-0.05, 0) is 17.7 Å². The van der Waals surface area contributed by atoms with E-state index in [1.54, 1.807) is 24.3 Å². The fraction of sp³-hybridized carbons (Fsp3) is 0.312. The van der Waals surface area contributed by atoms with Crippen LogP contribution in [0.1, 0.15) is 18.9 Å². The second-order valence-electron chi connectivity index (χ2n) is 5.34. The van der Waals surface area contributed by atoms with Crippen LogP contribution in [0.25, 0.3) is 0 Å². The van der Waals surface area contributed by atoms with Crippen molar-refractivity contribution in [3.8, 4) is 0 Å². The molecular formula is C16H17N3O2S. The average molecular weight is 315 g/mol. The predicted octanol–water partition coefficient (Wildman–Crippen LogP) is 2.32. The molecule has 22 heavy (non-hydrogen) atoms. The fourth-order valence-electron chi connectivity index (χ4n) is 2.65. The van der Waals surface area contributed by atoms with E-state index in [0.717, 1.165) is 17.8 Å². The van der Waals surface area contributed by atoms with Gasteiger partial charge in [-0.2, -0.15) is 0 Å². The van der Waals surface area contributed by atoms with Crippen molar-refractivity contribution in [2.24, 2.45) is 0 Å². The van der Waals surface area contributed by atoms with Crippen LogP contribution in [-0.4, -0.2) is 32.4 Å². The molecule has 1 atom stereocenters. The molecule has 0 saturated carbocycles. The van der Waals surface area contributed by atoms with Crippen molar-refractivity contribution in [2.45, 2.75) is 25.1 Å². The summed E-state index contributed by atoms with van der Waals surface area (Å²) in [6, 6.07) is 7.96. The van der Waals surface area contributed by atoms with Gasteiger partial charge >= 0.3 is 0 Å². The third-order valence-corrected chi connectivity index (χ3v) is 4.55. The summed E-state index contributed by atoms with van der Waals surface area (Å²) in [4.78, 5) is 29.2. The third kappa shape index (κ3) is 3.39. The number of rotatable bonds is 4. The molecule has 1 saturated heterocycles. The van der Waals surface area contributed by atoms with Crippen molar-refractivity contribution in [3.63, 3.8) is 0 Å². The van der Waals surface area contributed by atoms with Gasteiger partial charge in [0.05, 0.1) is 6.33 Å². The Bertz CT molecular complexity index is 684. The van der Waals surface area contributed by atoms with Crippen molar-refractivity contribution < 1.29 is 9.59 Å². The van der Waals surface area contributed by atoms with Crippen LogP contribution in [0.3, 0.4) is 0 Å². The summed E-state index contributed by atoms with van der Waals surface area (Å²) < 4.78 is 1.99. The van der Waals surface area contributed by atoms with Gasteiger partial charge in [0.25, 0.3) is 0 Å². The van der Waals surface area contributed by atoms with Crippen molar-refractivity contribution in [3.05, 3.63) is 48.5 Å². The van der Waals surface area contributed by atoms with Gasteiger partial charge in [-0.1, -0.05) is 23.9 Å². The molecule has 1 unspecified atom stereocenters. The number of benzene rings is 1. The van der Waals surface area contributed by atoms with Gasteiger partial charge in [-0.3, -0.25) is 9.59 Å². The number of carbonyl (C=O) groups is 2. The standard InChI is InChI=1S/C16H17N3O2S/c1-12(20)22-15-8-16(21)19(10-15)14-4-2-3-13(7-14)9-18-6-5-17-11-18/h2-7,11,15H,8-10H2,1H3. The lowest BCUT2D eigenvalue weighted by atomic mass is 10.2. The predicted molar refractivity (Wildman–Crippen MR) is 86.8 cm³/mol. The second kappa shape index (κ2) is 6.36. The SMILES string of the molecule is CC(=O)SC1CC(=O)N(c2cccc(Cn3ccnc3)c2)C1. The summed E-state index contributed by atoms with van der Waals surface area (Å²) in [5.41, 5.74) is 2.01. The molecule has 5 nitrogen and oxygen atoms in total. The first-order chi connectivity index (χ1) is 10.6. The summed E-state index contributed by atoms with van der Waals surface area (Å²) in [6.07, 6.45) is 5.86. The second-order valence-corrected chi connectivity index (χ2v) is 6.82. The summed E-state index contributed by atoms with van der Waals surface area (Å²) in [7, 11) is 0. The van der Waals surface area contributed by atoms with E-state index in [2.05, 4.69) is 4.98 Å². The van der Waals surface area contributed by atoms with E-state index in [4.69, 9.17) is 0 Å². The lowest BCUT2D eigenvalue weighted by Crippen LogP contribution is -2.25. The number of aromatic nitrogens is 2. The molecule has 1 fully saturated rings. The molecule has 1 aromatic heterocycles. The Labute approximate surface area is 133 Å². The number of anilines is 1. The zero-order valence-electron chi connectivity index (χ0n) is 12.3. The van der Waals surface area contributed by atoms with Gasteiger partial charge in [-0.15, -0.1) is 0 Å². The summed E-state index contributed by atoms with van der Waals surface area (Å²) >= 11 is 1.26. The van der Waals surface area contributed by atoms with Crippen LogP contribution in [-0.2, 0) is 16.1 Å². The van der Waals surface area contributed by atoms with Crippen molar-refractivity contribution in [1.29, 1.82) is 0 Å². The Kier molecular flexibility index (Phi) is 4.29. The molecule has 0 N–H and O–H groups in total. The molecule has 114 valence electrons. The fourth-order valence-corrected chi connectivity index (χ4v) is 3.57. The summed E-state index contributed by atoms with van der Waals surface area (Å²) in [5, 5.41) is 0.121. The van der Waals surface area contributed by atoms with E-state index in [0.29, 0.717) is 13.0 Å². The van der Waals surface area contributed by atoms with E-state index in [9.17, 15) is 9.59 Å². The van der Waals surface area contributed by atoms with Gasteiger partial charge in [0.1, 0.15) is 0 Å². The maximum Gasteiger partial charge on any atom is 0.228 e. The zero-order valence-corrected chi connectivity index (χ0v) is 13.1. The minimum absolute atomic E-state index is 0.0577. The number of imidazole rings is 1. The minimum atomic E-state index is 0.0577. The lowest BCUT2D eigenvalue weighted by Gasteiger charge is -2.17. The first kappa shape index (κ1) is 14.8. The highest BCUT2D eigenvalue weighted by Crippen LogP contribution is 2.29. The van der Waals surface area contributed by atoms with Crippen molar-refractivity contribution >= 4 is 28.5 Å². The lowest BCUT2D eigenvalue weighted by molar-refractivity contribution is -0.117. The zero-order chi connectivity index (χ0) is 15.5. The number of thioether (sulfide) groups is 1. The van der Waals surface area contributed by atoms with Crippen LogP contribution < -0.4 is 4.90 Å². The van der Waals surface area contributed by atoms with Crippen LogP contribution in [0.2, 0.25) is 0 Å². The van der Waals surface area contributed by atoms with Gasteiger partial charge in [0, 0.05) is 49.8 Å². The number of carbonyl (C=O) groups excluding carboxylic acids is 2. The highest BCUT2D eigenvalue weighted by molar-refractivity contribution is 8.14. The Morgan fingerprint density at radius 1 is 1.45 bits per heavy atom. The largest absolute Gasteiger partial charge is 0.333 e. The molecule has 1 aromatic carbocycles. The molecule has 1 aliphatic heterocycles. The quantitative estimate of drug-likeness (QED) is 0.869. The highest BCUT2D eigenvalue weighted by Gasteiger charge is 2.31. The van der Waals surface area contributed by atoms with Crippen molar-refractivity contribution in [2.75, 3.05) is 11.4 Å². The van der Waals surface area contributed by atoms with Crippen LogP contribution in [0.4, 0.5) is 5.69 Å². The van der Waals surface area contributed by atoms with E-state index >= 15 is 0 Å². The number of hydrogen-bond acceptors (Lipinski definition) is 4. The molecule has 0 radical (unpaired) electrons.